The predicted octanol–water partition coefficient (Wildman–Crippen LogP) is 4.53. The fraction of sp³-hybridized carbons (Fsp3) is 0.278. The molecule has 0 radical (unpaired) electrons. The van der Waals surface area contributed by atoms with Crippen LogP contribution in [-0.2, 0) is 14.3 Å². The normalized spacial score (nSPS) is 13.3. The van der Waals surface area contributed by atoms with Gasteiger partial charge in [0.2, 0.25) is 5.91 Å². The van der Waals surface area contributed by atoms with Crippen LogP contribution in [0.25, 0.3) is 0 Å². The Morgan fingerprint density at radius 3 is 1.96 bits per heavy atom. The van der Waals surface area contributed by atoms with E-state index >= 15 is 0 Å². The van der Waals surface area contributed by atoms with E-state index in [-0.39, 0.29) is 12.7 Å². The summed E-state index contributed by atoms with van der Waals surface area (Å²) in [5.41, 5.74) is 1.76. The van der Waals surface area contributed by atoms with Gasteiger partial charge in [-0.3, -0.25) is 4.79 Å². The van der Waals surface area contributed by atoms with E-state index in [1.807, 2.05) is 24.3 Å². The molecule has 0 spiro atoms. The van der Waals surface area contributed by atoms with Crippen molar-refractivity contribution in [1.29, 1.82) is 0 Å². The highest BCUT2D eigenvalue weighted by Gasteiger charge is 2.26. The van der Waals surface area contributed by atoms with Crippen LogP contribution in [0.5, 0.6) is 0 Å². The number of halogens is 2. The minimum absolute atomic E-state index is 0.0942. The molecule has 1 amide bonds. The number of rotatable bonds is 7. The first kappa shape index (κ1) is 18.7. The summed E-state index contributed by atoms with van der Waals surface area (Å²) in [5, 5.41) is 4.20. The van der Waals surface area contributed by atoms with E-state index in [0.29, 0.717) is 10.0 Å². The number of methoxy groups -OCH3 is 1. The molecule has 0 saturated carbocycles. The Morgan fingerprint density at radius 1 is 1.00 bits per heavy atom. The highest BCUT2D eigenvalue weighted by molar-refractivity contribution is 6.30. The highest BCUT2D eigenvalue weighted by Crippen LogP contribution is 2.33. The predicted molar refractivity (Wildman–Crippen MR) is 95.2 cm³/mol. The summed E-state index contributed by atoms with van der Waals surface area (Å²) in [6.07, 6.45) is -0.438. The van der Waals surface area contributed by atoms with Gasteiger partial charge in [-0.1, -0.05) is 47.5 Å². The highest BCUT2D eigenvalue weighted by atomic mass is 35.5. The summed E-state index contributed by atoms with van der Waals surface area (Å²) in [6.45, 7) is 1.56. The fourth-order valence-electron chi connectivity index (χ4n) is 2.40. The molecule has 0 saturated heterocycles. The first-order chi connectivity index (χ1) is 11.5. The van der Waals surface area contributed by atoms with Crippen molar-refractivity contribution in [3.8, 4) is 0 Å². The standard InChI is InChI=1S/C18H19Cl2NO3/c1-12(22)21-17(13-3-7-15(19)8-4-13)18(24-11-23-2)14-5-9-16(20)10-6-14/h3-10,17-18H,11H2,1-2H3,(H,21,22). The van der Waals surface area contributed by atoms with Gasteiger partial charge in [0.1, 0.15) is 12.9 Å². The molecular formula is C18H19Cl2NO3. The van der Waals surface area contributed by atoms with Crippen LogP contribution in [0.3, 0.4) is 0 Å². The Morgan fingerprint density at radius 2 is 1.50 bits per heavy atom. The molecule has 0 heterocycles. The van der Waals surface area contributed by atoms with E-state index in [4.69, 9.17) is 32.7 Å². The summed E-state index contributed by atoms with van der Waals surface area (Å²) in [7, 11) is 1.55. The van der Waals surface area contributed by atoms with Crippen LogP contribution >= 0.6 is 23.2 Å². The molecule has 1 N–H and O–H groups in total. The van der Waals surface area contributed by atoms with Crippen LogP contribution in [0.15, 0.2) is 48.5 Å². The van der Waals surface area contributed by atoms with Gasteiger partial charge in [0.15, 0.2) is 0 Å². The smallest absolute Gasteiger partial charge is 0.217 e. The van der Waals surface area contributed by atoms with E-state index in [1.54, 1.807) is 31.4 Å². The van der Waals surface area contributed by atoms with Gasteiger partial charge in [0.25, 0.3) is 0 Å². The summed E-state index contributed by atoms with van der Waals surface area (Å²) < 4.78 is 10.9. The van der Waals surface area contributed by atoms with Crippen molar-refractivity contribution >= 4 is 29.1 Å². The maximum atomic E-state index is 11.7. The van der Waals surface area contributed by atoms with Gasteiger partial charge in [-0.15, -0.1) is 0 Å². The molecule has 2 atom stereocenters. The third-order valence-electron chi connectivity index (χ3n) is 3.45. The van der Waals surface area contributed by atoms with E-state index in [9.17, 15) is 4.79 Å². The lowest BCUT2D eigenvalue weighted by atomic mass is 9.95. The fourth-order valence-corrected chi connectivity index (χ4v) is 2.65. The molecule has 2 aromatic rings. The van der Waals surface area contributed by atoms with Crippen LogP contribution in [-0.4, -0.2) is 19.8 Å². The third-order valence-corrected chi connectivity index (χ3v) is 3.96. The quantitative estimate of drug-likeness (QED) is 0.731. The van der Waals surface area contributed by atoms with Crippen LogP contribution in [0.4, 0.5) is 0 Å². The molecule has 0 aliphatic heterocycles. The van der Waals surface area contributed by atoms with Crippen molar-refractivity contribution in [2.75, 3.05) is 13.9 Å². The van der Waals surface area contributed by atoms with Gasteiger partial charge < -0.3 is 14.8 Å². The molecule has 0 aromatic heterocycles. The summed E-state index contributed by atoms with van der Waals surface area (Å²) in [4.78, 5) is 11.7. The summed E-state index contributed by atoms with van der Waals surface area (Å²) >= 11 is 11.9. The molecule has 2 unspecified atom stereocenters. The van der Waals surface area contributed by atoms with E-state index in [2.05, 4.69) is 5.32 Å². The zero-order valence-electron chi connectivity index (χ0n) is 13.5. The number of ether oxygens (including phenoxy) is 2. The van der Waals surface area contributed by atoms with Gasteiger partial charge in [-0.25, -0.2) is 0 Å². The average molecular weight is 368 g/mol. The maximum absolute atomic E-state index is 11.7. The Labute approximate surface area is 151 Å². The molecule has 2 rings (SSSR count). The third kappa shape index (κ3) is 5.21. The van der Waals surface area contributed by atoms with Gasteiger partial charge >= 0.3 is 0 Å². The van der Waals surface area contributed by atoms with Gasteiger partial charge in [0.05, 0.1) is 6.04 Å². The van der Waals surface area contributed by atoms with Crippen LogP contribution in [0, 0.1) is 0 Å². The minimum Gasteiger partial charge on any atom is -0.359 e. The maximum Gasteiger partial charge on any atom is 0.217 e. The summed E-state index contributed by atoms with van der Waals surface area (Å²) in [5.74, 6) is -0.157. The van der Waals surface area contributed by atoms with Crippen molar-refractivity contribution < 1.29 is 14.3 Å². The Kier molecular flexibility index (Phi) is 7.06. The SMILES string of the molecule is COCOC(c1ccc(Cl)cc1)C(NC(C)=O)c1ccc(Cl)cc1. The molecule has 24 heavy (non-hydrogen) atoms. The lowest BCUT2D eigenvalue weighted by Crippen LogP contribution is -2.32. The number of nitrogens with one attached hydrogen (secondary N) is 1. The Balaban J connectivity index is 2.40. The Bertz CT molecular complexity index is 659. The van der Waals surface area contributed by atoms with Gasteiger partial charge in [-0.2, -0.15) is 0 Å². The van der Waals surface area contributed by atoms with Crippen molar-refractivity contribution in [1.82, 2.24) is 5.32 Å². The number of carbonyl (C=O) groups excluding carboxylic acids is 1. The van der Waals surface area contributed by atoms with Crippen LogP contribution < -0.4 is 5.32 Å². The number of hydrogen-bond acceptors (Lipinski definition) is 3. The monoisotopic (exact) mass is 367 g/mol. The largest absolute Gasteiger partial charge is 0.359 e. The van der Waals surface area contributed by atoms with E-state index < -0.39 is 12.1 Å². The van der Waals surface area contributed by atoms with Crippen molar-refractivity contribution in [3.05, 3.63) is 69.7 Å². The molecule has 0 bridgehead atoms. The molecule has 0 aliphatic carbocycles. The minimum atomic E-state index is -0.438. The molecule has 2 aromatic carbocycles. The lowest BCUT2D eigenvalue weighted by molar-refractivity contribution is -0.123. The zero-order valence-corrected chi connectivity index (χ0v) is 15.0. The molecule has 4 nitrogen and oxygen atoms in total. The lowest BCUT2D eigenvalue weighted by Gasteiger charge is -2.28. The molecule has 0 aliphatic rings. The Hall–Kier alpha value is -1.59. The molecular weight excluding hydrogens is 349 g/mol. The number of hydrogen-bond donors (Lipinski definition) is 1. The zero-order chi connectivity index (χ0) is 17.5. The average Bonchev–Trinajstić information content (AvgIpc) is 2.56. The number of benzene rings is 2. The topological polar surface area (TPSA) is 47.6 Å². The van der Waals surface area contributed by atoms with Crippen molar-refractivity contribution in [2.45, 2.75) is 19.1 Å². The van der Waals surface area contributed by atoms with Crippen LogP contribution in [0.1, 0.15) is 30.2 Å². The van der Waals surface area contributed by atoms with Crippen molar-refractivity contribution in [2.24, 2.45) is 0 Å². The van der Waals surface area contributed by atoms with E-state index in [1.165, 1.54) is 6.92 Å². The molecule has 0 fully saturated rings. The van der Waals surface area contributed by atoms with Crippen LogP contribution in [0.2, 0.25) is 10.0 Å². The first-order valence-electron chi connectivity index (χ1n) is 7.40. The van der Waals surface area contributed by atoms with Gasteiger partial charge in [0, 0.05) is 24.1 Å². The number of carbonyl (C=O) groups is 1. The summed E-state index contributed by atoms with van der Waals surface area (Å²) in [6, 6.07) is 14.2. The second-order valence-electron chi connectivity index (χ2n) is 5.28. The molecule has 128 valence electrons. The second kappa shape index (κ2) is 9.04. The molecule has 6 heteroatoms. The van der Waals surface area contributed by atoms with E-state index in [0.717, 1.165) is 11.1 Å². The second-order valence-corrected chi connectivity index (χ2v) is 6.15. The van der Waals surface area contributed by atoms with Gasteiger partial charge in [-0.05, 0) is 35.4 Å². The first-order valence-corrected chi connectivity index (χ1v) is 8.15. The number of amides is 1. The van der Waals surface area contributed by atoms with Crippen molar-refractivity contribution in [3.63, 3.8) is 0 Å².